The Balaban J connectivity index is 2.58. The van der Waals surface area contributed by atoms with Gasteiger partial charge in [0.05, 0.1) is 21.4 Å². The van der Waals surface area contributed by atoms with Gasteiger partial charge in [-0.1, -0.05) is 6.92 Å². The fourth-order valence-electron chi connectivity index (χ4n) is 2.63. The molecule has 0 bridgehead atoms. The first-order valence-corrected chi connectivity index (χ1v) is 9.23. The highest BCUT2D eigenvalue weighted by Gasteiger charge is 2.49. The van der Waals surface area contributed by atoms with Gasteiger partial charge in [0, 0.05) is 30.4 Å². The van der Waals surface area contributed by atoms with Gasteiger partial charge in [-0.05, 0) is 36.7 Å². The zero-order valence-corrected chi connectivity index (χ0v) is 15.4. The Hall–Kier alpha value is -0.700. The second kappa shape index (κ2) is 5.74. The molecule has 0 unspecified atom stereocenters. The average molecular weight is 393 g/mol. The Bertz CT molecular complexity index is 672. The minimum atomic E-state index is -3.65. The van der Waals surface area contributed by atoms with Crippen molar-refractivity contribution in [3.8, 4) is 5.75 Å². The minimum Gasteiger partial charge on any atom is -0.506 e. The molecule has 0 aromatic carbocycles. The molecule has 0 spiro atoms. The molecule has 2 heterocycles. The van der Waals surface area contributed by atoms with Crippen LogP contribution in [-0.2, 0) is 10.0 Å². The Labute approximate surface area is 139 Å². The van der Waals surface area contributed by atoms with Crippen molar-refractivity contribution < 1.29 is 18.6 Å². The van der Waals surface area contributed by atoms with Crippen molar-refractivity contribution in [3.05, 3.63) is 22.4 Å². The molecule has 1 aromatic heterocycles. The van der Waals surface area contributed by atoms with Crippen molar-refractivity contribution >= 4 is 26.0 Å². The van der Waals surface area contributed by atoms with E-state index in [9.17, 15) is 18.6 Å². The lowest BCUT2D eigenvalue weighted by molar-refractivity contribution is 0.147. The Kier molecular flexibility index (Phi) is 4.60. The maximum absolute atomic E-state index is 12.8. The number of sulfonamides is 1. The summed E-state index contributed by atoms with van der Waals surface area (Å²) in [7, 11) is -3.65. The molecule has 1 aliphatic heterocycles. The fraction of sp³-hybridized carbons (Fsp3) is 0.643. The molecule has 8 heteroatoms. The van der Waals surface area contributed by atoms with Crippen LogP contribution in [0, 0.1) is 5.92 Å². The lowest BCUT2D eigenvalue weighted by Crippen LogP contribution is -2.43. The molecule has 2 N–H and O–H groups in total. The van der Waals surface area contributed by atoms with Gasteiger partial charge in [-0.25, -0.2) is 8.42 Å². The van der Waals surface area contributed by atoms with Crippen LogP contribution in [0.5, 0.6) is 5.75 Å². The number of aromatic hydroxyl groups is 1. The third-order valence-corrected chi connectivity index (χ3v) is 7.21. The molecule has 0 amide bonds. The van der Waals surface area contributed by atoms with E-state index in [1.54, 1.807) is 27.7 Å². The molecule has 2 rings (SSSR count). The van der Waals surface area contributed by atoms with Gasteiger partial charge >= 0.3 is 0 Å². The zero-order valence-electron chi connectivity index (χ0n) is 13.0. The molecular weight excluding hydrogens is 372 g/mol. The summed E-state index contributed by atoms with van der Waals surface area (Å²) in [5, 5.41) is 20.4. The van der Waals surface area contributed by atoms with Crippen LogP contribution in [0.25, 0.3) is 0 Å². The monoisotopic (exact) mass is 392 g/mol. The van der Waals surface area contributed by atoms with Gasteiger partial charge in [-0.2, -0.15) is 4.31 Å². The predicted molar refractivity (Wildman–Crippen MR) is 86.9 cm³/mol. The number of aliphatic hydroxyl groups excluding tert-OH is 1. The van der Waals surface area contributed by atoms with Gasteiger partial charge < -0.3 is 10.2 Å². The number of nitrogens with zero attached hydrogens (tertiary/aromatic N) is 2. The van der Waals surface area contributed by atoms with E-state index in [1.807, 2.05) is 0 Å². The Morgan fingerprint density at radius 3 is 2.50 bits per heavy atom. The summed E-state index contributed by atoms with van der Waals surface area (Å²) < 4.78 is 26.3. The van der Waals surface area contributed by atoms with Gasteiger partial charge in [0.1, 0.15) is 5.75 Å². The maximum atomic E-state index is 12.8. The second-order valence-electron chi connectivity index (χ2n) is 6.62. The zero-order chi connectivity index (χ0) is 16.9. The number of aliphatic hydroxyl groups is 1. The van der Waals surface area contributed by atoms with Crippen LogP contribution in [0.2, 0.25) is 0 Å². The van der Waals surface area contributed by atoms with Crippen LogP contribution in [-0.4, -0.2) is 45.3 Å². The maximum Gasteiger partial charge on any atom is 0.219 e. The van der Waals surface area contributed by atoms with Crippen LogP contribution in [0.1, 0.15) is 39.3 Å². The SMILES string of the molecule is C[C@@H]1[C@H](O)CN(S(=O)(=O)C(C)(C)C)[C@H]1c1cncc(Br)c1O. The van der Waals surface area contributed by atoms with E-state index in [0.29, 0.717) is 10.0 Å². The summed E-state index contributed by atoms with van der Waals surface area (Å²) in [4.78, 5) is 4.02. The first-order valence-electron chi connectivity index (χ1n) is 7.00. The molecule has 0 saturated carbocycles. The van der Waals surface area contributed by atoms with Crippen LogP contribution >= 0.6 is 15.9 Å². The quantitative estimate of drug-likeness (QED) is 0.803. The largest absolute Gasteiger partial charge is 0.506 e. The molecule has 1 fully saturated rings. The van der Waals surface area contributed by atoms with Gasteiger partial charge in [-0.15, -0.1) is 0 Å². The first kappa shape index (κ1) is 17.7. The molecule has 6 nitrogen and oxygen atoms in total. The molecule has 1 aromatic rings. The number of pyridine rings is 1. The number of halogens is 1. The van der Waals surface area contributed by atoms with Gasteiger partial charge in [0.15, 0.2) is 0 Å². The molecule has 22 heavy (non-hydrogen) atoms. The summed E-state index contributed by atoms with van der Waals surface area (Å²) in [6, 6.07) is -0.649. The standard InChI is InChI=1S/C14H21BrN2O4S/c1-8-11(18)7-17(22(20,21)14(2,3)4)12(8)9-5-16-6-10(15)13(9)19/h5-6,8,11-12,18H,7H2,1-4H3,(H,16,19)/t8-,11-,12-/m1/s1. The van der Waals surface area contributed by atoms with E-state index >= 15 is 0 Å². The number of β-amino-alcohol motifs (C(OH)–C–C–N with tert-alkyl or cyclic N) is 1. The third kappa shape index (κ3) is 2.77. The Morgan fingerprint density at radius 1 is 1.36 bits per heavy atom. The highest BCUT2D eigenvalue weighted by molar-refractivity contribution is 9.10. The number of aromatic nitrogens is 1. The van der Waals surface area contributed by atoms with Gasteiger partial charge in [0.2, 0.25) is 10.0 Å². The third-order valence-electron chi connectivity index (χ3n) is 4.08. The van der Waals surface area contributed by atoms with Crippen molar-refractivity contribution in [2.24, 2.45) is 5.92 Å². The molecule has 1 aliphatic rings. The lowest BCUT2D eigenvalue weighted by Gasteiger charge is -2.32. The van der Waals surface area contributed by atoms with Crippen molar-refractivity contribution in [1.82, 2.24) is 9.29 Å². The van der Waals surface area contributed by atoms with Crippen LogP contribution in [0.3, 0.4) is 0 Å². The second-order valence-corrected chi connectivity index (χ2v) is 10.1. The van der Waals surface area contributed by atoms with Gasteiger partial charge in [0.25, 0.3) is 0 Å². The van der Waals surface area contributed by atoms with Crippen LogP contribution in [0.15, 0.2) is 16.9 Å². The van der Waals surface area contributed by atoms with Gasteiger partial charge in [-0.3, -0.25) is 4.98 Å². The van der Waals surface area contributed by atoms with E-state index in [1.165, 1.54) is 16.7 Å². The van der Waals surface area contributed by atoms with E-state index < -0.39 is 26.9 Å². The van der Waals surface area contributed by atoms with Crippen molar-refractivity contribution in [2.45, 2.75) is 44.6 Å². The van der Waals surface area contributed by atoms with Crippen molar-refractivity contribution in [1.29, 1.82) is 0 Å². The summed E-state index contributed by atoms with van der Waals surface area (Å²) in [6.45, 7) is 6.64. The smallest absolute Gasteiger partial charge is 0.219 e. The number of hydrogen-bond acceptors (Lipinski definition) is 5. The predicted octanol–water partition coefficient (Wildman–Crippen LogP) is 2.03. The molecular formula is C14H21BrN2O4S. The summed E-state index contributed by atoms with van der Waals surface area (Å²) in [6.07, 6.45) is 2.10. The first-order chi connectivity index (χ1) is 9.98. The Morgan fingerprint density at radius 2 is 1.95 bits per heavy atom. The minimum absolute atomic E-state index is 0.0113. The topological polar surface area (TPSA) is 90.7 Å². The van der Waals surface area contributed by atoms with Crippen molar-refractivity contribution in [3.63, 3.8) is 0 Å². The lowest BCUT2D eigenvalue weighted by atomic mass is 9.95. The van der Waals surface area contributed by atoms with E-state index in [-0.39, 0.29) is 18.2 Å². The highest BCUT2D eigenvalue weighted by atomic mass is 79.9. The molecule has 3 atom stereocenters. The van der Waals surface area contributed by atoms with E-state index in [4.69, 9.17) is 0 Å². The van der Waals surface area contributed by atoms with E-state index in [2.05, 4.69) is 20.9 Å². The normalized spacial score (nSPS) is 27.3. The van der Waals surface area contributed by atoms with E-state index in [0.717, 1.165) is 0 Å². The fourth-order valence-corrected chi connectivity index (χ4v) is 4.64. The molecule has 0 aliphatic carbocycles. The highest BCUT2D eigenvalue weighted by Crippen LogP contribution is 2.45. The molecule has 124 valence electrons. The average Bonchev–Trinajstić information content (AvgIpc) is 2.69. The number of rotatable bonds is 2. The summed E-state index contributed by atoms with van der Waals surface area (Å²) in [5.74, 6) is -0.394. The number of hydrogen-bond donors (Lipinski definition) is 2. The summed E-state index contributed by atoms with van der Waals surface area (Å²) >= 11 is 3.20. The molecule has 0 radical (unpaired) electrons. The molecule has 1 saturated heterocycles. The summed E-state index contributed by atoms with van der Waals surface area (Å²) in [5.41, 5.74) is 0.395. The van der Waals surface area contributed by atoms with Crippen LogP contribution in [0.4, 0.5) is 0 Å². The van der Waals surface area contributed by atoms with Crippen molar-refractivity contribution in [2.75, 3.05) is 6.54 Å². The van der Waals surface area contributed by atoms with Crippen LogP contribution < -0.4 is 0 Å².